The fraction of sp³-hybridized carbons (Fsp3) is 0.500. The predicted molar refractivity (Wildman–Crippen MR) is 131 cm³/mol. The lowest BCUT2D eigenvalue weighted by atomic mass is 9.98. The number of aromatic nitrogens is 4. The van der Waals surface area contributed by atoms with E-state index in [1.54, 1.807) is 25.3 Å². The quantitative estimate of drug-likeness (QED) is 0.481. The number of hydrogen-bond donors (Lipinski definition) is 0. The first kappa shape index (κ1) is 24.6. The molecule has 0 atom stereocenters. The summed E-state index contributed by atoms with van der Waals surface area (Å²) in [6, 6.07) is 9.40. The Bertz CT molecular complexity index is 1370. The van der Waals surface area contributed by atoms with Crippen molar-refractivity contribution >= 4 is 22.9 Å². The molecule has 4 rings (SSSR count). The molecule has 35 heavy (non-hydrogen) atoms. The van der Waals surface area contributed by atoms with E-state index in [9.17, 15) is 19.2 Å². The number of carbonyl (C=O) groups is 2. The van der Waals surface area contributed by atoms with Crippen LogP contribution in [0.3, 0.4) is 0 Å². The Morgan fingerprint density at radius 3 is 2.29 bits per heavy atom. The van der Waals surface area contributed by atoms with Gasteiger partial charge in [-0.05, 0) is 46.1 Å². The Kier molecular flexibility index (Phi) is 6.78. The number of ether oxygens (including phenoxy) is 1. The summed E-state index contributed by atoms with van der Waals surface area (Å²) in [7, 11) is 0. The number of fused-ring (bicyclic) bond motifs is 1. The molecule has 0 aliphatic heterocycles. The molecule has 1 saturated carbocycles. The van der Waals surface area contributed by atoms with Crippen LogP contribution in [0.2, 0.25) is 0 Å². The van der Waals surface area contributed by atoms with Gasteiger partial charge in [0.2, 0.25) is 0 Å². The molecule has 2 aromatic heterocycles. The van der Waals surface area contributed by atoms with Crippen LogP contribution in [0.5, 0.6) is 0 Å². The van der Waals surface area contributed by atoms with E-state index in [4.69, 9.17) is 9.72 Å². The van der Waals surface area contributed by atoms with Gasteiger partial charge in [-0.25, -0.2) is 9.78 Å². The fourth-order valence-corrected chi connectivity index (χ4v) is 4.54. The Morgan fingerprint density at radius 2 is 1.69 bits per heavy atom. The molecule has 9 heteroatoms. The molecule has 0 amide bonds. The van der Waals surface area contributed by atoms with Crippen molar-refractivity contribution in [2.24, 2.45) is 5.41 Å². The number of Topliss-reactive ketones (excluding diaryl/α,β-unsaturated/α-hetero) is 1. The molecule has 3 aromatic rings. The van der Waals surface area contributed by atoms with Gasteiger partial charge in [0.1, 0.15) is 11.6 Å². The number of ketones is 1. The van der Waals surface area contributed by atoms with Gasteiger partial charge in [0.05, 0.1) is 18.5 Å². The predicted octanol–water partition coefficient (Wildman–Crippen LogP) is 3.20. The third-order valence-electron chi connectivity index (χ3n) is 6.37. The summed E-state index contributed by atoms with van der Waals surface area (Å²) in [6.45, 7) is 6.29. The Balaban J connectivity index is 1.96. The number of hydrogen-bond acceptors (Lipinski definition) is 6. The summed E-state index contributed by atoms with van der Waals surface area (Å²) in [5, 5.41) is 0. The first-order valence-corrected chi connectivity index (χ1v) is 12.0. The Hall–Kier alpha value is -3.49. The van der Waals surface area contributed by atoms with Crippen molar-refractivity contribution in [1.29, 1.82) is 0 Å². The van der Waals surface area contributed by atoms with Gasteiger partial charge in [0.15, 0.2) is 17.9 Å². The molecular formula is C26H32N4O5. The van der Waals surface area contributed by atoms with Crippen molar-refractivity contribution in [3.63, 3.8) is 0 Å². The lowest BCUT2D eigenvalue weighted by Gasteiger charge is -2.19. The SMILES string of the molecule is CC(=O)Cn1c(=O)c2c(nc(C3CCCC3)n2COC(=O)C(C)(C)C)n(Cc2ccccc2)c1=O. The highest BCUT2D eigenvalue weighted by Crippen LogP contribution is 2.35. The highest BCUT2D eigenvalue weighted by atomic mass is 16.5. The second-order valence-corrected chi connectivity index (χ2v) is 10.3. The minimum atomic E-state index is -0.714. The number of imidazole rings is 1. The second kappa shape index (κ2) is 9.64. The van der Waals surface area contributed by atoms with Crippen LogP contribution in [0, 0.1) is 5.41 Å². The Morgan fingerprint density at radius 1 is 1.03 bits per heavy atom. The first-order valence-electron chi connectivity index (χ1n) is 12.0. The average Bonchev–Trinajstić information content (AvgIpc) is 3.46. The zero-order valence-electron chi connectivity index (χ0n) is 20.7. The summed E-state index contributed by atoms with van der Waals surface area (Å²) in [4.78, 5) is 56.3. The van der Waals surface area contributed by atoms with Crippen LogP contribution >= 0.6 is 0 Å². The number of carbonyl (C=O) groups excluding carboxylic acids is 2. The van der Waals surface area contributed by atoms with Crippen molar-refractivity contribution in [2.75, 3.05) is 0 Å². The summed E-state index contributed by atoms with van der Waals surface area (Å²) < 4.78 is 9.63. The van der Waals surface area contributed by atoms with Gasteiger partial charge in [-0.3, -0.25) is 28.1 Å². The molecule has 2 heterocycles. The maximum absolute atomic E-state index is 13.6. The van der Waals surface area contributed by atoms with E-state index in [-0.39, 0.29) is 42.7 Å². The highest BCUT2D eigenvalue weighted by molar-refractivity contribution is 5.77. The topological polar surface area (TPSA) is 105 Å². The Labute approximate surface area is 203 Å². The van der Waals surface area contributed by atoms with Gasteiger partial charge < -0.3 is 4.74 Å². The van der Waals surface area contributed by atoms with Crippen LogP contribution in [0.1, 0.15) is 70.7 Å². The third-order valence-corrected chi connectivity index (χ3v) is 6.37. The largest absolute Gasteiger partial charge is 0.443 e. The van der Waals surface area contributed by atoms with E-state index in [0.717, 1.165) is 35.8 Å². The van der Waals surface area contributed by atoms with Crippen molar-refractivity contribution in [1.82, 2.24) is 18.7 Å². The van der Waals surface area contributed by atoms with E-state index in [1.165, 1.54) is 11.5 Å². The summed E-state index contributed by atoms with van der Waals surface area (Å²) >= 11 is 0. The number of esters is 1. The van der Waals surface area contributed by atoms with Gasteiger partial charge in [-0.2, -0.15) is 0 Å². The average molecular weight is 481 g/mol. The molecule has 1 fully saturated rings. The monoisotopic (exact) mass is 480 g/mol. The molecule has 1 aliphatic carbocycles. The van der Waals surface area contributed by atoms with Crippen LogP contribution in [-0.4, -0.2) is 30.4 Å². The highest BCUT2D eigenvalue weighted by Gasteiger charge is 2.30. The molecule has 0 saturated heterocycles. The molecular weight excluding hydrogens is 448 g/mol. The minimum Gasteiger partial charge on any atom is -0.443 e. The summed E-state index contributed by atoms with van der Waals surface area (Å²) in [5.41, 5.74) is -0.625. The first-order chi connectivity index (χ1) is 16.6. The molecule has 1 aliphatic rings. The zero-order chi connectivity index (χ0) is 25.3. The third kappa shape index (κ3) is 4.99. The second-order valence-electron chi connectivity index (χ2n) is 10.3. The molecule has 0 radical (unpaired) electrons. The normalized spacial score (nSPS) is 14.5. The van der Waals surface area contributed by atoms with E-state index in [0.29, 0.717) is 5.82 Å². The minimum absolute atomic E-state index is 0.0941. The van der Waals surface area contributed by atoms with Crippen molar-refractivity contribution in [3.05, 3.63) is 62.6 Å². The van der Waals surface area contributed by atoms with Crippen LogP contribution in [0.15, 0.2) is 39.9 Å². The molecule has 0 spiro atoms. The summed E-state index contributed by atoms with van der Waals surface area (Å²) in [5.74, 6) is 0.0178. The number of benzene rings is 1. The van der Waals surface area contributed by atoms with Crippen molar-refractivity contribution in [3.8, 4) is 0 Å². The molecule has 0 N–H and O–H groups in total. The van der Waals surface area contributed by atoms with Crippen LogP contribution in [0.4, 0.5) is 0 Å². The van der Waals surface area contributed by atoms with Gasteiger partial charge in [0, 0.05) is 5.92 Å². The van der Waals surface area contributed by atoms with Crippen LogP contribution < -0.4 is 11.2 Å². The van der Waals surface area contributed by atoms with Gasteiger partial charge in [-0.1, -0.05) is 43.2 Å². The van der Waals surface area contributed by atoms with Gasteiger partial charge in [-0.15, -0.1) is 0 Å². The van der Waals surface area contributed by atoms with Gasteiger partial charge >= 0.3 is 11.7 Å². The lowest BCUT2D eigenvalue weighted by molar-refractivity contribution is -0.156. The fourth-order valence-electron chi connectivity index (χ4n) is 4.54. The number of nitrogens with zero attached hydrogens (tertiary/aromatic N) is 4. The molecule has 0 unspecified atom stereocenters. The van der Waals surface area contributed by atoms with Crippen molar-refractivity contribution < 1.29 is 14.3 Å². The van der Waals surface area contributed by atoms with Crippen LogP contribution in [-0.2, 0) is 34.1 Å². The molecule has 1 aromatic carbocycles. The molecule has 9 nitrogen and oxygen atoms in total. The molecule has 0 bridgehead atoms. The lowest BCUT2D eigenvalue weighted by Crippen LogP contribution is -2.42. The standard InChI is InChI=1S/C26H32N4O5/c1-17(31)14-29-23(32)20-22(28(25(29)34)15-18-10-6-5-7-11-18)27-21(19-12-8-9-13-19)30(20)16-35-24(33)26(2,3)4/h5-7,10-11,19H,8-9,12-16H2,1-4H3. The zero-order valence-corrected chi connectivity index (χ0v) is 20.7. The van der Waals surface area contributed by atoms with E-state index >= 15 is 0 Å². The number of rotatable bonds is 7. The smallest absolute Gasteiger partial charge is 0.333 e. The summed E-state index contributed by atoms with van der Waals surface area (Å²) in [6.07, 6.45) is 3.89. The van der Waals surface area contributed by atoms with Gasteiger partial charge in [0.25, 0.3) is 5.56 Å². The van der Waals surface area contributed by atoms with E-state index in [2.05, 4.69) is 0 Å². The maximum atomic E-state index is 13.6. The maximum Gasteiger partial charge on any atom is 0.333 e. The van der Waals surface area contributed by atoms with Crippen molar-refractivity contribution in [2.45, 2.75) is 79.1 Å². The van der Waals surface area contributed by atoms with E-state index in [1.807, 2.05) is 30.3 Å². The van der Waals surface area contributed by atoms with Crippen LogP contribution in [0.25, 0.3) is 11.2 Å². The van der Waals surface area contributed by atoms with E-state index < -0.39 is 22.6 Å². The molecule has 186 valence electrons.